The Morgan fingerprint density at radius 1 is 1.28 bits per heavy atom. The molecule has 3 atom stereocenters. The number of amides is 2. The van der Waals surface area contributed by atoms with E-state index < -0.39 is 0 Å². The number of H-pyrrole nitrogens is 1. The van der Waals surface area contributed by atoms with Crippen LogP contribution in [0.15, 0.2) is 30.5 Å². The van der Waals surface area contributed by atoms with Gasteiger partial charge in [-0.25, -0.2) is 0 Å². The van der Waals surface area contributed by atoms with Crippen LogP contribution in [0.4, 0.5) is 0 Å². The van der Waals surface area contributed by atoms with Gasteiger partial charge in [0.15, 0.2) is 0 Å². The van der Waals surface area contributed by atoms with E-state index in [9.17, 15) is 9.59 Å². The number of methoxy groups -OCH3 is 1. The molecule has 1 fully saturated rings. The van der Waals surface area contributed by atoms with E-state index in [2.05, 4.69) is 21.7 Å². The average molecular weight is 424 g/mol. The zero-order valence-corrected chi connectivity index (χ0v) is 17.5. The average Bonchev–Trinajstić information content (AvgIpc) is 3.13. The highest BCUT2D eigenvalue weighted by Gasteiger charge is 2.34. The van der Waals surface area contributed by atoms with Crippen molar-refractivity contribution >= 4 is 35.1 Å². The lowest BCUT2D eigenvalue weighted by molar-refractivity contribution is -0.130. The summed E-state index contributed by atoms with van der Waals surface area (Å²) in [6, 6.07) is 7.87. The van der Waals surface area contributed by atoms with E-state index in [-0.39, 0.29) is 55.4 Å². The molecule has 29 heavy (non-hydrogen) atoms. The fraction of sp³-hybridized carbons (Fsp3) is 0.524. The Morgan fingerprint density at radius 2 is 2.07 bits per heavy atom. The number of nitrogens with one attached hydrogen (secondary N) is 3. The van der Waals surface area contributed by atoms with Gasteiger partial charge in [0.1, 0.15) is 0 Å². The van der Waals surface area contributed by atoms with Gasteiger partial charge in [0.05, 0.1) is 18.8 Å². The number of benzene rings is 1. The van der Waals surface area contributed by atoms with Crippen LogP contribution in [-0.2, 0) is 20.7 Å². The number of carbonyl (C=O) groups excluding carboxylic acids is 2. The molecule has 160 valence electrons. The summed E-state index contributed by atoms with van der Waals surface area (Å²) < 4.78 is 5.53. The summed E-state index contributed by atoms with van der Waals surface area (Å²) in [6.07, 6.45) is 4.90. The molecule has 1 saturated carbocycles. The molecular weight excluding hydrogens is 394 g/mol. The Kier molecular flexibility index (Phi) is 8.95. The molecule has 1 aromatic heterocycles. The van der Waals surface area contributed by atoms with Crippen LogP contribution in [0.25, 0.3) is 10.9 Å². The molecule has 1 aliphatic rings. The molecule has 0 aliphatic heterocycles. The molecule has 1 aromatic carbocycles. The molecule has 0 radical (unpaired) electrons. The van der Waals surface area contributed by atoms with Crippen LogP contribution in [0.3, 0.4) is 0 Å². The van der Waals surface area contributed by atoms with Crippen LogP contribution in [0.1, 0.15) is 31.2 Å². The first-order valence-electron chi connectivity index (χ1n) is 9.88. The summed E-state index contributed by atoms with van der Waals surface area (Å²) in [6.45, 7) is 0.178. The molecule has 2 aromatic rings. The third-order valence-corrected chi connectivity index (χ3v) is 5.51. The van der Waals surface area contributed by atoms with Crippen molar-refractivity contribution in [2.45, 2.75) is 44.2 Å². The Balaban J connectivity index is 0.00000300. The highest BCUT2D eigenvalue weighted by Crippen LogP contribution is 2.27. The molecule has 8 heteroatoms. The lowest BCUT2D eigenvalue weighted by Gasteiger charge is -2.35. The van der Waals surface area contributed by atoms with E-state index in [0.717, 1.165) is 29.3 Å². The molecule has 1 aliphatic carbocycles. The van der Waals surface area contributed by atoms with E-state index in [1.54, 1.807) is 7.11 Å². The van der Waals surface area contributed by atoms with Crippen LogP contribution in [0.5, 0.6) is 0 Å². The van der Waals surface area contributed by atoms with E-state index in [1.807, 2.05) is 24.4 Å². The standard InChI is InChI=1S/C21H29N3O4.ClH/c1-28-19-8-6-14(21(27)22-10-11-25)12-18(19)24-20(26)9-7-15-13-23-17-5-3-2-4-16(15)17;/h2-5,13-14,18-19,23,25H,6-12H2,1H3,(H,22,27)(H,24,26);1H/t14-,18+,19+;/m0./s1. The number of aryl methyl sites for hydroxylation is 1. The van der Waals surface area contributed by atoms with Crippen molar-refractivity contribution < 1.29 is 19.4 Å². The first kappa shape index (κ1) is 23.2. The van der Waals surface area contributed by atoms with E-state index >= 15 is 0 Å². The van der Waals surface area contributed by atoms with Crippen LogP contribution in [0.2, 0.25) is 0 Å². The van der Waals surface area contributed by atoms with Crippen molar-refractivity contribution in [1.29, 1.82) is 0 Å². The van der Waals surface area contributed by atoms with Crippen molar-refractivity contribution in [2.75, 3.05) is 20.3 Å². The Bertz CT molecular complexity index is 810. The highest BCUT2D eigenvalue weighted by atomic mass is 35.5. The molecule has 3 rings (SSSR count). The van der Waals surface area contributed by atoms with Gasteiger partial charge in [0.2, 0.25) is 11.8 Å². The number of rotatable bonds is 8. The molecular formula is C21H30ClN3O4. The van der Waals surface area contributed by atoms with Gasteiger partial charge in [0, 0.05) is 43.1 Å². The minimum absolute atomic E-state index is 0. The maximum absolute atomic E-state index is 12.5. The number of halogens is 1. The Labute approximate surface area is 177 Å². The number of carbonyl (C=O) groups is 2. The number of hydrogen-bond acceptors (Lipinski definition) is 4. The summed E-state index contributed by atoms with van der Waals surface area (Å²) >= 11 is 0. The number of aliphatic hydroxyl groups is 1. The highest BCUT2D eigenvalue weighted by molar-refractivity contribution is 5.85. The van der Waals surface area contributed by atoms with Gasteiger partial charge in [-0.05, 0) is 37.3 Å². The predicted octanol–water partition coefficient (Wildman–Crippen LogP) is 1.93. The van der Waals surface area contributed by atoms with Gasteiger partial charge >= 0.3 is 0 Å². The van der Waals surface area contributed by atoms with Gasteiger partial charge in [-0.2, -0.15) is 0 Å². The second-order valence-electron chi connectivity index (χ2n) is 7.33. The number of aromatic nitrogens is 1. The first-order chi connectivity index (χ1) is 13.6. The lowest BCUT2D eigenvalue weighted by atomic mass is 9.83. The Hall–Kier alpha value is -2.09. The zero-order valence-electron chi connectivity index (χ0n) is 16.6. The molecule has 0 saturated heterocycles. The number of hydrogen-bond donors (Lipinski definition) is 4. The zero-order chi connectivity index (χ0) is 19.9. The summed E-state index contributed by atoms with van der Waals surface area (Å²) in [7, 11) is 1.64. The number of aliphatic hydroxyl groups excluding tert-OH is 1. The number of fused-ring (bicyclic) bond motifs is 1. The SMILES string of the molecule is CO[C@@H]1CC[C@H](C(=O)NCCO)C[C@H]1NC(=O)CCc1c[nH]c2ccccc12.Cl. The minimum atomic E-state index is -0.181. The summed E-state index contributed by atoms with van der Waals surface area (Å²) in [5.74, 6) is -0.271. The van der Waals surface area contributed by atoms with E-state index in [1.165, 1.54) is 0 Å². The van der Waals surface area contributed by atoms with Crippen LogP contribution >= 0.6 is 12.4 Å². The minimum Gasteiger partial charge on any atom is -0.395 e. The smallest absolute Gasteiger partial charge is 0.223 e. The molecule has 1 heterocycles. The number of para-hydroxylation sites is 1. The molecule has 0 spiro atoms. The van der Waals surface area contributed by atoms with Crippen molar-refractivity contribution in [3.63, 3.8) is 0 Å². The predicted molar refractivity (Wildman–Crippen MR) is 114 cm³/mol. The fourth-order valence-corrected chi connectivity index (χ4v) is 4.00. The summed E-state index contributed by atoms with van der Waals surface area (Å²) in [5, 5.41) is 15.8. The second-order valence-corrected chi connectivity index (χ2v) is 7.33. The third-order valence-electron chi connectivity index (χ3n) is 5.51. The van der Waals surface area contributed by atoms with Gasteiger partial charge in [-0.3, -0.25) is 9.59 Å². The van der Waals surface area contributed by atoms with Crippen LogP contribution < -0.4 is 10.6 Å². The molecule has 2 amide bonds. The monoisotopic (exact) mass is 423 g/mol. The molecule has 4 N–H and O–H groups in total. The van der Waals surface area contributed by atoms with Crippen molar-refractivity contribution in [3.8, 4) is 0 Å². The van der Waals surface area contributed by atoms with Crippen LogP contribution in [0, 0.1) is 5.92 Å². The van der Waals surface area contributed by atoms with Crippen molar-refractivity contribution in [3.05, 3.63) is 36.0 Å². The largest absolute Gasteiger partial charge is 0.395 e. The van der Waals surface area contributed by atoms with Gasteiger partial charge in [-0.15, -0.1) is 12.4 Å². The van der Waals surface area contributed by atoms with E-state index in [4.69, 9.17) is 9.84 Å². The van der Waals surface area contributed by atoms with Gasteiger partial charge in [-0.1, -0.05) is 18.2 Å². The molecule has 0 bridgehead atoms. The van der Waals surface area contributed by atoms with Crippen LogP contribution in [-0.4, -0.2) is 54.3 Å². The van der Waals surface area contributed by atoms with Gasteiger partial charge < -0.3 is 25.5 Å². The lowest BCUT2D eigenvalue weighted by Crippen LogP contribution is -2.50. The molecule has 0 unspecified atom stereocenters. The molecule has 7 nitrogen and oxygen atoms in total. The Morgan fingerprint density at radius 3 is 2.83 bits per heavy atom. The maximum Gasteiger partial charge on any atom is 0.223 e. The topological polar surface area (TPSA) is 103 Å². The van der Waals surface area contributed by atoms with Crippen molar-refractivity contribution in [1.82, 2.24) is 15.6 Å². The normalized spacial score (nSPS) is 21.4. The first-order valence-corrected chi connectivity index (χ1v) is 9.88. The number of ether oxygens (including phenoxy) is 1. The summed E-state index contributed by atoms with van der Waals surface area (Å²) in [5.41, 5.74) is 2.19. The quantitative estimate of drug-likeness (QED) is 0.520. The van der Waals surface area contributed by atoms with E-state index in [0.29, 0.717) is 19.3 Å². The fourth-order valence-electron chi connectivity index (χ4n) is 4.00. The summed E-state index contributed by atoms with van der Waals surface area (Å²) in [4.78, 5) is 28.0. The van der Waals surface area contributed by atoms with Gasteiger partial charge in [0.25, 0.3) is 0 Å². The third kappa shape index (κ3) is 5.95. The second kappa shape index (κ2) is 11.2. The maximum atomic E-state index is 12.5. The number of aromatic amines is 1. The van der Waals surface area contributed by atoms with Crippen molar-refractivity contribution in [2.24, 2.45) is 5.92 Å².